The van der Waals surface area contributed by atoms with Crippen LogP contribution in [-0.2, 0) is 17.0 Å². The van der Waals surface area contributed by atoms with Crippen LogP contribution in [0.15, 0.2) is 48.5 Å². The molecular formula is C22H29NOS. The van der Waals surface area contributed by atoms with Gasteiger partial charge in [-0.25, -0.2) is 0 Å². The third-order valence-corrected chi connectivity index (χ3v) is 5.38. The van der Waals surface area contributed by atoms with E-state index in [4.69, 9.17) is 0 Å². The normalized spacial score (nSPS) is 10.9. The lowest BCUT2D eigenvalue weighted by atomic mass is 10.0. The van der Waals surface area contributed by atoms with E-state index in [0.717, 1.165) is 24.5 Å². The fraction of sp³-hybridized carbons (Fsp3) is 0.409. The summed E-state index contributed by atoms with van der Waals surface area (Å²) in [7, 11) is 0. The van der Waals surface area contributed by atoms with Gasteiger partial charge in [-0.3, -0.25) is 4.79 Å². The molecule has 1 amide bonds. The number of hydrogen-bond acceptors (Lipinski definition) is 2. The SMILES string of the molecule is Cc1ccccc1CSCCNC(=O)CCc1ccc(C(C)C)cc1. The van der Waals surface area contributed by atoms with Gasteiger partial charge in [0.1, 0.15) is 0 Å². The molecule has 2 aromatic rings. The number of aryl methyl sites for hydroxylation is 2. The summed E-state index contributed by atoms with van der Waals surface area (Å²) in [6.45, 7) is 7.27. The first-order chi connectivity index (χ1) is 12.1. The van der Waals surface area contributed by atoms with E-state index in [2.05, 4.69) is 74.6 Å². The van der Waals surface area contributed by atoms with E-state index in [1.807, 2.05) is 11.8 Å². The van der Waals surface area contributed by atoms with Gasteiger partial charge in [-0.2, -0.15) is 11.8 Å². The van der Waals surface area contributed by atoms with Crippen molar-refractivity contribution in [3.63, 3.8) is 0 Å². The van der Waals surface area contributed by atoms with Gasteiger partial charge in [-0.05, 0) is 41.5 Å². The van der Waals surface area contributed by atoms with Gasteiger partial charge >= 0.3 is 0 Å². The summed E-state index contributed by atoms with van der Waals surface area (Å²) in [5.74, 6) is 2.65. The number of amides is 1. The number of hydrogen-bond donors (Lipinski definition) is 1. The smallest absolute Gasteiger partial charge is 0.220 e. The fourth-order valence-electron chi connectivity index (χ4n) is 2.63. The zero-order valence-electron chi connectivity index (χ0n) is 15.5. The maximum absolute atomic E-state index is 12.0. The number of carbonyl (C=O) groups is 1. The number of rotatable bonds is 9. The van der Waals surface area contributed by atoms with E-state index in [-0.39, 0.29) is 5.91 Å². The average molecular weight is 356 g/mol. The van der Waals surface area contributed by atoms with E-state index in [1.165, 1.54) is 22.3 Å². The van der Waals surface area contributed by atoms with Crippen LogP contribution in [0.5, 0.6) is 0 Å². The molecule has 0 atom stereocenters. The molecule has 0 fully saturated rings. The molecule has 2 nitrogen and oxygen atoms in total. The van der Waals surface area contributed by atoms with E-state index < -0.39 is 0 Å². The van der Waals surface area contributed by atoms with Gasteiger partial charge in [0.05, 0.1) is 0 Å². The van der Waals surface area contributed by atoms with E-state index in [0.29, 0.717) is 12.3 Å². The molecule has 0 aliphatic carbocycles. The van der Waals surface area contributed by atoms with Gasteiger partial charge in [0, 0.05) is 24.5 Å². The minimum absolute atomic E-state index is 0.143. The Morgan fingerprint density at radius 2 is 1.80 bits per heavy atom. The molecule has 134 valence electrons. The van der Waals surface area contributed by atoms with Crippen LogP contribution in [-0.4, -0.2) is 18.2 Å². The number of nitrogens with one attached hydrogen (secondary N) is 1. The van der Waals surface area contributed by atoms with Crippen LogP contribution in [0.25, 0.3) is 0 Å². The van der Waals surface area contributed by atoms with Crippen LogP contribution in [0, 0.1) is 6.92 Å². The summed E-state index contributed by atoms with van der Waals surface area (Å²) in [5, 5.41) is 3.02. The molecule has 1 N–H and O–H groups in total. The Kier molecular flexibility index (Phi) is 8.07. The van der Waals surface area contributed by atoms with Crippen molar-refractivity contribution in [3.8, 4) is 0 Å². The third-order valence-electron chi connectivity index (χ3n) is 4.37. The highest BCUT2D eigenvalue weighted by Crippen LogP contribution is 2.16. The quantitative estimate of drug-likeness (QED) is 0.634. The van der Waals surface area contributed by atoms with Gasteiger partial charge < -0.3 is 5.32 Å². The van der Waals surface area contributed by atoms with Crippen LogP contribution in [0.4, 0.5) is 0 Å². The summed E-state index contributed by atoms with van der Waals surface area (Å²) in [6.07, 6.45) is 1.37. The lowest BCUT2D eigenvalue weighted by Gasteiger charge is -2.08. The molecule has 25 heavy (non-hydrogen) atoms. The van der Waals surface area contributed by atoms with Crippen LogP contribution >= 0.6 is 11.8 Å². The zero-order chi connectivity index (χ0) is 18.1. The highest BCUT2D eigenvalue weighted by atomic mass is 32.2. The van der Waals surface area contributed by atoms with Crippen molar-refractivity contribution in [2.45, 2.75) is 45.3 Å². The third kappa shape index (κ3) is 6.95. The molecule has 0 bridgehead atoms. The molecule has 2 aromatic carbocycles. The Balaban J connectivity index is 1.60. The largest absolute Gasteiger partial charge is 0.355 e. The molecular weight excluding hydrogens is 326 g/mol. The van der Waals surface area contributed by atoms with E-state index in [9.17, 15) is 4.79 Å². The predicted octanol–water partition coefficient (Wildman–Crippen LogP) is 5.10. The maximum atomic E-state index is 12.0. The highest BCUT2D eigenvalue weighted by molar-refractivity contribution is 7.98. The Bertz CT molecular complexity index is 664. The molecule has 0 aliphatic rings. The van der Waals surface area contributed by atoms with Crippen molar-refractivity contribution in [1.82, 2.24) is 5.32 Å². The lowest BCUT2D eigenvalue weighted by Crippen LogP contribution is -2.25. The van der Waals surface area contributed by atoms with Crippen molar-refractivity contribution in [2.24, 2.45) is 0 Å². The van der Waals surface area contributed by atoms with Crippen molar-refractivity contribution in [1.29, 1.82) is 0 Å². The summed E-state index contributed by atoms with van der Waals surface area (Å²) < 4.78 is 0. The van der Waals surface area contributed by atoms with Crippen molar-refractivity contribution < 1.29 is 4.79 Å². The number of thioether (sulfide) groups is 1. The van der Waals surface area contributed by atoms with Crippen LogP contribution in [0.2, 0.25) is 0 Å². The molecule has 0 heterocycles. The Morgan fingerprint density at radius 1 is 1.08 bits per heavy atom. The van der Waals surface area contributed by atoms with Crippen LogP contribution in [0.1, 0.15) is 48.4 Å². The van der Waals surface area contributed by atoms with E-state index >= 15 is 0 Å². The predicted molar refractivity (Wildman–Crippen MR) is 109 cm³/mol. The fourth-order valence-corrected chi connectivity index (χ4v) is 3.57. The molecule has 3 heteroatoms. The van der Waals surface area contributed by atoms with Gasteiger partial charge in [0.15, 0.2) is 0 Å². The second-order valence-electron chi connectivity index (χ2n) is 6.73. The first kappa shape index (κ1) is 19.6. The second-order valence-corrected chi connectivity index (χ2v) is 7.83. The minimum Gasteiger partial charge on any atom is -0.355 e. The van der Waals surface area contributed by atoms with Gasteiger partial charge in [0.25, 0.3) is 0 Å². The first-order valence-electron chi connectivity index (χ1n) is 9.04. The van der Waals surface area contributed by atoms with Gasteiger partial charge in [-0.15, -0.1) is 0 Å². The van der Waals surface area contributed by atoms with Gasteiger partial charge in [0.2, 0.25) is 5.91 Å². The number of benzene rings is 2. The topological polar surface area (TPSA) is 29.1 Å². The van der Waals surface area contributed by atoms with E-state index in [1.54, 1.807) is 0 Å². The summed E-state index contributed by atoms with van der Waals surface area (Å²) in [4.78, 5) is 12.0. The maximum Gasteiger partial charge on any atom is 0.220 e. The highest BCUT2D eigenvalue weighted by Gasteiger charge is 2.04. The summed E-state index contributed by atoms with van der Waals surface area (Å²) >= 11 is 1.87. The monoisotopic (exact) mass is 355 g/mol. The molecule has 0 aromatic heterocycles. The average Bonchev–Trinajstić information content (AvgIpc) is 2.61. The van der Waals surface area contributed by atoms with Crippen molar-refractivity contribution in [3.05, 3.63) is 70.8 Å². The molecule has 0 spiro atoms. The van der Waals surface area contributed by atoms with Gasteiger partial charge in [-0.1, -0.05) is 62.4 Å². The Morgan fingerprint density at radius 3 is 2.48 bits per heavy atom. The lowest BCUT2D eigenvalue weighted by molar-refractivity contribution is -0.120. The number of carbonyl (C=O) groups excluding carboxylic acids is 1. The van der Waals surface area contributed by atoms with Crippen LogP contribution in [0.3, 0.4) is 0 Å². The standard InChI is InChI=1S/C22H29NOS/c1-17(2)20-11-8-19(9-12-20)10-13-22(24)23-14-15-25-16-21-7-5-4-6-18(21)3/h4-9,11-12,17H,10,13-16H2,1-3H3,(H,23,24). The Labute approximate surface area is 156 Å². The zero-order valence-corrected chi connectivity index (χ0v) is 16.4. The van der Waals surface area contributed by atoms with Crippen molar-refractivity contribution in [2.75, 3.05) is 12.3 Å². The Hall–Kier alpha value is -1.74. The molecule has 0 unspecified atom stereocenters. The molecule has 0 saturated heterocycles. The molecule has 0 aliphatic heterocycles. The molecule has 2 rings (SSSR count). The molecule has 0 saturated carbocycles. The minimum atomic E-state index is 0.143. The molecule has 0 radical (unpaired) electrons. The first-order valence-corrected chi connectivity index (χ1v) is 10.2. The summed E-state index contributed by atoms with van der Waals surface area (Å²) in [6, 6.07) is 17.1. The second kappa shape index (κ2) is 10.3. The summed E-state index contributed by atoms with van der Waals surface area (Å²) in [5.41, 5.74) is 5.29. The van der Waals surface area contributed by atoms with Crippen LogP contribution < -0.4 is 5.32 Å². The van der Waals surface area contributed by atoms with Crippen molar-refractivity contribution >= 4 is 17.7 Å².